The minimum absolute atomic E-state index is 0. The first-order chi connectivity index (χ1) is 14.7. The Kier molecular flexibility index (Phi) is 10.2. The zero-order valence-electron chi connectivity index (χ0n) is 18.2. The van der Waals surface area contributed by atoms with E-state index in [9.17, 15) is 0 Å². The van der Waals surface area contributed by atoms with Crippen molar-refractivity contribution < 1.29 is 9.47 Å². The highest BCUT2D eigenvalue weighted by molar-refractivity contribution is 14.0. The van der Waals surface area contributed by atoms with Crippen LogP contribution in [0.15, 0.2) is 65.9 Å². The highest BCUT2D eigenvalue weighted by atomic mass is 127. The van der Waals surface area contributed by atoms with Gasteiger partial charge in [0, 0.05) is 32.5 Å². The Morgan fingerprint density at radius 2 is 1.77 bits per heavy atom. The van der Waals surface area contributed by atoms with Crippen molar-refractivity contribution in [2.75, 3.05) is 27.8 Å². The maximum Gasteiger partial charge on any atom is 0.191 e. The van der Waals surface area contributed by atoms with Crippen LogP contribution in [0, 0.1) is 0 Å². The number of aromatic nitrogens is 2. The smallest absolute Gasteiger partial charge is 0.191 e. The van der Waals surface area contributed by atoms with Gasteiger partial charge in [-0.2, -0.15) is 5.10 Å². The number of aliphatic imine (C=N–C) groups is 1. The molecule has 0 aliphatic carbocycles. The maximum absolute atomic E-state index is 5.37. The van der Waals surface area contributed by atoms with Crippen LogP contribution in [0.25, 0.3) is 0 Å². The molecule has 0 atom stereocenters. The Hall–Kier alpha value is -2.75. The van der Waals surface area contributed by atoms with Crippen LogP contribution >= 0.6 is 24.0 Å². The minimum Gasteiger partial charge on any atom is -0.493 e. The third kappa shape index (κ3) is 7.16. The number of hydrogen-bond acceptors (Lipinski definition) is 4. The number of guanidine groups is 1. The molecule has 0 radical (unpaired) electrons. The molecule has 1 heterocycles. The van der Waals surface area contributed by atoms with E-state index in [1.54, 1.807) is 27.5 Å². The quantitative estimate of drug-likeness (QED) is 0.250. The van der Waals surface area contributed by atoms with E-state index in [2.05, 4.69) is 45.0 Å². The predicted octanol–water partition coefficient (Wildman–Crippen LogP) is 3.47. The molecule has 0 spiro atoms. The van der Waals surface area contributed by atoms with Crippen molar-refractivity contribution >= 4 is 29.9 Å². The minimum atomic E-state index is 0. The zero-order valence-corrected chi connectivity index (χ0v) is 20.5. The number of nitrogens with zero attached hydrogens (tertiary/aromatic N) is 3. The van der Waals surface area contributed by atoms with Gasteiger partial charge in [-0.15, -0.1) is 24.0 Å². The van der Waals surface area contributed by atoms with Crippen LogP contribution in [0.3, 0.4) is 0 Å². The van der Waals surface area contributed by atoms with Crippen molar-refractivity contribution in [2.24, 2.45) is 4.99 Å². The number of benzene rings is 2. The second-order valence-corrected chi connectivity index (χ2v) is 6.76. The average Bonchev–Trinajstić information content (AvgIpc) is 3.30. The third-order valence-corrected chi connectivity index (χ3v) is 4.83. The van der Waals surface area contributed by atoms with Crippen LogP contribution in [0.4, 0.5) is 0 Å². The highest BCUT2D eigenvalue weighted by Gasteiger charge is 2.06. The molecule has 0 fully saturated rings. The van der Waals surface area contributed by atoms with Gasteiger partial charge in [0.2, 0.25) is 0 Å². The molecule has 0 aliphatic heterocycles. The molecule has 1 aromatic heterocycles. The second-order valence-electron chi connectivity index (χ2n) is 6.76. The first-order valence-corrected chi connectivity index (χ1v) is 9.93. The van der Waals surface area contributed by atoms with Gasteiger partial charge >= 0.3 is 0 Å². The molecule has 0 saturated carbocycles. The molecule has 2 aromatic carbocycles. The molecule has 8 heteroatoms. The van der Waals surface area contributed by atoms with Gasteiger partial charge in [-0.3, -0.25) is 9.67 Å². The summed E-state index contributed by atoms with van der Waals surface area (Å²) in [6, 6.07) is 16.3. The molecular formula is C23H30IN5O2. The standard InChI is InChI=1S/C23H29N5O2.HI/c1-24-23(25-13-11-18-9-10-21(29-2)22(15-18)30-3)26-16-19-7-4-5-8-20(19)17-28-14-6-12-27-28;/h4-10,12,14-15H,11,13,16-17H2,1-3H3,(H2,24,25,26);1H. The normalized spacial score (nSPS) is 10.9. The molecule has 0 amide bonds. The largest absolute Gasteiger partial charge is 0.493 e. The Morgan fingerprint density at radius 3 is 2.45 bits per heavy atom. The van der Waals surface area contributed by atoms with Crippen LogP contribution in [0.2, 0.25) is 0 Å². The SMILES string of the molecule is CN=C(NCCc1ccc(OC)c(OC)c1)NCc1ccccc1Cn1cccn1.I. The first kappa shape index (κ1) is 24.5. The molecule has 2 N–H and O–H groups in total. The first-order valence-electron chi connectivity index (χ1n) is 9.93. The number of methoxy groups -OCH3 is 2. The molecule has 0 saturated heterocycles. The number of halogens is 1. The van der Waals surface area contributed by atoms with Gasteiger partial charge < -0.3 is 20.1 Å². The van der Waals surface area contributed by atoms with Crippen LogP contribution in [-0.4, -0.2) is 43.6 Å². The van der Waals surface area contributed by atoms with E-state index in [1.165, 1.54) is 16.7 Å². The second kappa shape index (κ2) is 12.8. The van der Waals surface area contributed by atoms with Crippen molar-refractivity contribution in [1.29, 1.82) is 0 Å². The zero-order chi connectivity index (χ0) is 21.2. The van der Waals surface area contributed by atoms with E-state index < -0.39 is 0 Å². The molecule has 3 aromatic rings. The van der Waals surface area contributed by atoms with E-state index in [4.69, 9.17) is 9.47 Å². The summed E-state index contributed by atoms with van der Waals surface area (Å²) < 4.78 is 12.6. The molecule has 7 nitrogen and oxygen atoms in total. The number of hydrogen-bond donors (Lipinski definition) is 2. The van der Waals surface area contributed by atoms with Crippen molar-refractivity contribution in [1.82, 2.24) is 20.4 Å². The van der Waals surface area contributed by atoms with Gasteiger partial charge in [0.25, 0.3) is 0 Å². The van der Waals surface area contributed by atoms with E-state index in [0.29, 0.717) is 6.54 Å². The lowest BCUT2D eigenvalue weighted by atomic mass is 10.1. The topological polar surface area (TPSA) is 72.7 Å². The summed E-state index contributed by atoms with van der Waals surface area (Å²) in [6.45, 7) is 2.19. The number of ether oxygens (including phenoxy) is 2. The Morgan fingerprint density at radius 1 is 1.00 bits per heavy atom. The average molecular weight is 535 g/mol. The summed E-state index contributed by atoms with van der Waals surface area (Å²) in [4.78, 5) is 4.33. The number of nitrogens with one attached hydrogen (secondary N) is 2. The van der Waals surface area contributed by atoms with Gasteiger partial charge in [-0.25, -0.2) is 0 Å². The molecule has 3 rings (SSSR count). The van der Waals surface area contributed by atoms with Crippen molar-refractivity contribution in [3.05, 3.63) is 77.6 Å². The fourth-order valence-corrected chi connectivity index (χ4v) is 3.21. The lowest BCUT2D eigenvalue weighted by Crippen LogP contribution is -2.38. The van der Waals surface area contributed by atoms with E-state index in [-0.39, 0.29) is 24.0 Å². The lowest BCUT2D eigenvalue weighted by molar-refractivity contribution is 0.354. The van der Waals surface area contributed by atoms with Crippen molar-refractivity contribution in [2.45, 2.75) is 19.5 Å². The number of rotatable bonds is 9. The monoisotopic (exact) mass is 535 g/mol. The maximum atomic E-state index is 5.37. The predicted molar refractivity (Wildman–Crippen MR) is 135 cm³/mol. The summed E-state index contributed by atoms with van der Waals surface area (Å²) in [6.07, 6.45) is 4.61. The van der Waals surface area contributed by atoms with Crippen LogP contribution in [-0.2, 0) is 19.5 Å². The Bertz CT molecular complexity index is 960. The molecule has 0 aliphatic rings. The van der Waals surface area contributed by atoms with Gasteiger partial charge in [0.15, 0.2) is 17.5 Å². The van der Waals surface area contributed by atoms with Gasteiger partial charge in [0.1, 0.15) is 0 Å². The van der Waals surface area contributed by atoms with Crippen molar-refractivity contribution in [3.8, 4) is 11.5 Å². The summed E-state index contributed by atoms with van der Waals surface area (Å²) in [7, 11) is 5.07. The fraction of sp³-hybridized carbons (Fsp3) is 0.304. The van der Waals surface area contributed by atoms with E-state index >= 15 is 0 Å². The van der Waals surface area contributed by atoms with Crippen molar-refractivity contribution in [3.63, 3.8) is 0 Å². The fourth-order valence-electron chi connectivity index (χ4n) is 3.21. The Balaban J connectivity index is 0.00000341. The van der Waals surface area contributed by atoms with Crippen LogP contribution < -0.4 is 20.1 Å². The summed E-state index contributed by atoms with van der Waals surface area (Å²) in [5.41, 5.74) is 3.62. The Labute approximate surface area is 200 Å². The molecule has 0 unspecified atom stereocenters. The molecular weight excluding hydrogens is 505 g/mol. The van der Waals surface area contributed by atoms with Crippen LogP contribution in [0.5, 0.6) is 11.5 Å². The molecule has 31 heavy (non-hydrogen) atoms. The van der Waals surface area contributed by atoms with E-state index in [1.807, 2.05) is 35.1 Å². The van der Waals surface area contributed by atoms with E-state index in [0.717, 1.165) is 37.0 Å². The molecule has 0 bridgehead atoms. The summed E-state index contributed by atoms with van der Waals surface area (Å²) >= 11 is 0. The molecule has 166 valence electrons. The third-order valence-electron chi connectivity index (χ3n) is 4.83. The van der Waals surface area contributed by atoms with Gasteiger partial charge in [-0.1, -0.05) is 30.3 Å². The summed E-state index contributed by atoms with van der Waals surface area (Å²) in [5.74, 6) is 2.25. The highest BCUT2D eigenvalue weighted by Crippen LogP contribution is 2.27. The van der Waals surface area contributed by atoms with Crippen LogP contribution in [0.1, 0.15) is 16.7 Å². The van der Waals surface area contributed by atoms with Gasteiger partial charge in [-0.05, 0) is 41.3 Å². The lowest BCUT2D eigenvalue weighted by Gasteiger charge is -2.15. The van der Waals surface area contributed by atoms with Gasteiger partial charge in [0.05, 0.1) is 20.8 Å². The summed E-state index contributed by atoms with van der Waals surface area (Å²) in [5, 5.41) is 11.1.